The molecule has 162 valence electrons. The molecule has 2 amide bonds. The number of pyridine rings is 1. The van der Waals surface area contributed by atoms with Gasteiger partial charge in [0, 0.05) is 20.1 Å². The first-order valence-electron chi connectivity index (χ1n) is 10.6. The summed E-state index contributed by atoms with van der Waals surface area (Å²) in [5, 5.41) is 8.06. The number of aromatic nitrogens is 3. The Morgan fingerprint density at radius 3 is 2.59 bits per heavy atom. The maximum Gasteiger partial charge on any atom is 0.256 e. The first-order valence-corrected chi connectivity index (χ1v) is 10.6. The van der Waals surface area contributed by atoms with Gasteiger partial charge in [0.2, 0.25) is 0 Å². The fourth-order valence-electron chi connectivity index (χ4n) is 4.23. The van der Waals surface area contributed by atoms with Gasteiger partial charge in [0.1, 0.15) is 5.69 Å². The maximum atomic E-state index is 13.5. The van der Waals surface area contributed by atoms with Crippen molar-refractivity contribution in [3.8, 4) is 11.5 Å². The molecule has 4 aromatic rings. The van der Waals surface area contributed by atoms with Crippen molar-refractivity contribution in [3.05, 3.63) is 65.5 Å². The van der Waals surface area contributed by atoms with Gasteiger partial charge in [-0.3, -0.25) is 14.3 Å². The van der Waals surface area contributed by atoms with Crippen LogP contribution >= 0.6 is 0 Å². The first-order chi connectivity index (χ1) is 15.5. The number of rotatable bonds is 4. The molecule has 1 aliphatic heterocycles. The van der Waals surface area contributed by atoms with Gasteiger partial charge in [-0.05, 0) is 50.1 Å². The van der Waals surface area contributed by atoms with Crippen LogP contribution in [0, 0.1) is 6.92 Å². The number of nitrogens with one attached hydrogen (secondary N) is 1. The normalized spacial score (nSPS) is 13.6. The van der Waals surface area contributed by atoms with Crippen LogP contribution in [-0.4, -0.2) is 44.6 Å². The molecule has 0 unspecified atom stereocenters. The third kappa shape index (κ3) is 3.43. The maximum absolute atomic E-state index is 13.5. The number of hydrogen-bond donors (Lipinski definition) is 1. The van der Waals surface area contributed by atoms with Gasteiger partial charge in [0.25, 0.3) is 11.8 Å². The number of nitrogens with zero attached hydrogens (tertiary/aromatic N) is 4. The molecule has 0 aliphatic carbocycles. The van der Waals surface area contributed by atoms with E-state index in [0.29, 0.717) is 45.0 Å². The van der Waals surface area contributed by atoms with Crippen LogP contribution in [0.25, 0.3) is 22.5 Å². The summed E-state index contributed by atoms with van der Waals surface area (Å²) >= 11 is 0. The summed E-state index contributed by atoms with van der Waals surface area (Å²) in [4.78, 5) is 33.0. The van der Waals surface area contributed by atoms with Gasteiger partial charge in [0.05, 0.1) is 34.2 Å². The third-order valence-corrected chi connectivity index (χ3v) is 5.79. The van der Waals surface area contributed by atoms with Gasteiger partial charge < -0.3 is 14.6 Å². The number of amides is 2. The van der Waals surface area contributed by atoms with Crippen LogP contribution in [0.3, 0.4) is 0 Å². The number of para-hydroxylation sites is 1. The van der Waals surface area contributed by atoms with E-state index in [2.05, 4.69) is 15.4 Å². The fraction of sp³-hybridized carbons (Fsp3) is 0.250. The number of aryl methyl sites for hydroxylation is 2. The number of anilines is 1. The van der Waals surface area contributed by atoms with Crippen LogP contribution < -0.4 is 5.32 Å². The molecule has 1 fully saturated rings. The zero-order valence-electron chi connectivity index (χ0n) is 18.0. The zero-order valence-corrected chi connectivity index (χ0v) is 18.0. The predicted molar refractivity (Wildman–Crippen MR) is 120 cm³/mol. The topological polar surface area (TPSA) is 93.3 Å². The molecular formula is C24H23N5O3. The van der Waals surface area contributed by atoms with E-state index >= 15 is 0 Å². The second-order valence-electron chi connectivity index (χ2n) is 7.94. The summed E-state index contributed by atoms with van der Waals surface area (Å²) < 4.78 is 7.15. The Bertz CT molecular complexity index is 1320. The summed E-state index contributed by atoms with van der Waals surface area (Å²) in [5.74, 6) is 0.166. The Labute approximate surface area is 184 Å². The van der Waals surface area contributed by atoms with E-state index in [4.69, 9.17) is 4.42 Å². The van der Waals surface area contributed by atoms with Gasteiger partial charge in [0.15, 0.2) is 11.4 Å². The van der Waals surface area contributed by atoms with Gasteiger partial charge >= 0.3 is 0 Å². The first kappa shape index (κ1) is 20.0. The van der Waals surface area contributed by atoms with E-state index in [1.165, 1.54) is 0 Å². The molecule has 32 heavy (non-hydrogen) atoms. The summed E-state index contributed by atoms with van der Waals surface area (Å²) in [6, 6.07) is 12.4. The van der Waals surface area contributed by atoms with E-state index < -0.39 is 0 Å². The SMILES string of the molecule is Cc1nn(C)c2nc(-c3ccco3)cc(C(=O)Nc3ccccc3C(=O)N3CCCC3)c12. The molecule has 4 heterocycles. The monoisotopic (exact) mass is 429 g/mol. The van der Waals surface area contributed by atoms with E-state index in [9.17, 15) is 9.59 Å². The average Bonchev–Trinajstić information content (AvgIpc) is 3.56. The predicted octanol–water partition coefficient (Wildman–Crippen LogP) is 4.03. The molecule has 0 spiro atoms. The molecule has 8 heteroatoms. The Kier molecular flexibility index (Phi) is 4.97. The van der Waals surface area contributed by atoms with Crippen molar-refractivity contribution >= 4 is 28.5 Å². The van der Waals surface area contributed by atoms with Crippen LogP contribution in [0.5, 0.6) is 0 Å². The minimum absolute atomic E-state index is 0.0629. The molecule has 1 aliphatic rings. The van der Waals surface area contributed by atoms with Crippen molar-refractivity contribution in [2.24, 2.45) is 7.05 Å². The third-order valence-electron chi connectivity index (χ3n) is 5.79. The van der Waals surface area contributed by atoms with Crippen molar-refractivity contribution in [1.82, 2.24) is 19.7 Å². The van der Waals surface area contributed by atoms with Crippen LogP contribution in [0.1, 0.15) is 39.3 Å². The number of benzene rings is 1. The number of likely N-dealkylation sites (tertiary alicyclic amines) is 1. The molecular weight excluding hydrogens is 406 g/mol. The van der Waals surface area contributed by atoms with Gasteiger partial charge in [-0.15, -0.1) is 0 Å². The number of carbonyl (C=O) groups is 2. The highest BCUT2D eigenvalue weighted by atomic mass is 16.3. The molecule has 5 rings (SSSR count). The fourth-order valence-corrected chi connectivity index (χ4v) is 4.23. The molecule has 1 aromatic carbocycles. The molecule has 0 atom stereocenters. The van der Waals surface area contributed by atoms with Gasteiger partial charge in [-0.1, -0.05) is 12.1 Å². The zero-order chi connectivity index (χ0) is 22.2. The van der Waals surface area contributed by atoms with E-state index in [-0.39, 0.29) is 11.8 Å². The summed E-state index contributed by atoms with van der Waals surface area (Å²) in [6.45, 7) is 3.33. The minimum Gasteiger partial charge on any atom is -0.463 e. The molecule has 1 saturated heterocycles. The van der Waals surface area contributed by atoms with Crippen LogP contribution in [0.15, 0.2) is 53.1 Å². The van der Waals surface area contributed by atoms with E-state index in [1.54, 1.807) is 48.3 Å². The van der Waals surface area contributed by atoms with E-state index in [1.807, 2.05) is 24.0 Å². The van der Waals surface area contributed by atoms with Gasteiger partial charge in [-0.2, -0.15) is 5.10 Å². The lowest BCUT2D eigenvalue weighted by atomic mass is 10.1. The molecule has 3 aromatic heterocycles. The quantitative estimate of drug-likeness (QED) is 0.529. The minimum atomic E-state index is -0.331. The second-order valence-corrected chi connectivity index (χ2v) is 7.94. The highest BCUT2D eigenvalue weighted by Crippen LogP contribution is 2.28. The highest BCUT2D eigenvalue weighted by Gasteiger charge is 2.24. The Hall–Kier alpha value is -3.94. The number of furan rings is 1. The number of fused-ring (bicyclic) bond motifs is 1. The van der Waals surface area contributed by atoms with Crippen LogP contribution in [0.2, 0.25) is 0 Å². The lowest BCUT2D eigenvalue weighted by Gasteiger charge is -2.18. The van der Waals surface area contributed by atoms with Crippen molar-refractivity contribution in [3.63, 3.8) is 0 Å². The lowest BCUT2D eigenvalue weighted by molar-refractivity contribution is 0.0794. The molecule has 0 radical (unpaired) electrons. The number of carbonyl (C=O) groups excluding carboxylic acids is 2. The summed E-state index contributed by atoms with van der Waals surface area (Å²) in [7, 11) is 1.79. The smallest absolute Gasteiger partial charge is 0.256 e. The Balaban J connectivity index is 1.56. The van der Waals surface area contributed by atoms with Gasteiger partial charge in [-0.25, -0.2) is 4.98 Å². The van der Waals surface area contributed by atoms with Crippen molar-refractivity contribution in [2.75, 3.05) is 18.4 Å². The Morgan fingerprint density at radius 2 is 1.84 bits per heavy atom. The van der Waals surface area contributed by atoms with Crippen LogP contribution in [0.4, 0.5) is 5.69 Å². The summed E-state index contributed by atoms with van der Waals surface area (Å²) in [6.07, 6.45) is 3.58. The van der Waals surface area contributed by atoms with Crippen molar-refractivity contribution in [1.29, 1.82) is 0 Å². The summed E-state index contributed by atoms with van der Waals surface area (Å²) in [5.41, 5.74) is 3.23. The molecule has 8 nitrogen and oxygen atoms in total. The lowest BCUT2D eigenvalue weighted by Crippen LogP contribution is -2.28. The van der Waals surface area contributed by atoms with Crippen molar-refractivity contribution in [2.45, 2.75) is 19.8 Å². The standard InChI is InChI=1S/C24H23N5O3/c1-15-21-17(14-19(20-10-7-13-32-20)25-22(21)28(2)27-15)23(30)26-18-9-4-3-8-16(18)24(31)29-11-5-6-12-29/h3-4,7-10,13-14H,5-6,11-12H2,1-2H3,(H,26,30). The molecule has 1 N–H and O–H groups in total. The van der Waals surface area contributed by atoms with Crippen molar-refractivity contribution < 1.29 is 14.0 Å². The average molecular weight is 429 g/mol. The highest BCUT2D eigenvalue weighted by molar-refractivity contribution is 6.15. The second kappa shape index (κ2) is 7.96. The largest absolute Gasteiger partial charge is 0.463 e. The Morgan fingerprint density at radius 1 is 1.06 bits per heavy atom. The number of hydrogen-bond acceptors (Lipinski definition) is 5. The van der Waals surface area contributed by atoms with Crippen LogP contribution in [-0.2, 0) is 7.05 Å². The molecule has 0 saturated carbocycles. The molecule has 0 bridgehead atoms. The van der Waals surface area contributed by atoms with E-state index in [0.717, 1.165) is 25.9 Å².